The number of benzene rings is 2. The Morgan fingerprint density at radius 1 is 1.19 bits per heavy atom. The summed E-state index contributed by atoms with van der Waals surface area (Å²) >= 11 is 3.67. The van der Waals surface area contributed by atoms with Gasteiger partial charge in [-0.3, -0.25) is 14.4 Å². The van der Waals surface area contributed by atoms with Crippen molar-refractivity contribution in [3.05, 3.63) is 85.5 Å². The third-order valence-corrected chi connectivity index (χ3v) is 9.30. The number of halogens is 1. The standard InChI is InChI=1S/C32H35BrN2O7/c1-4-15-34(21-11-13-23(40-3)14-12-21)30(38)28-32-18-24(33)27(42-32)25(31(39)41-16-5-2)26(32)29(37)35(28)22(19-36)17-20-9-7-6-8-10-20/h4-14,22,24-28,36H,1-2,15-19H2,3H3/t22-,24?,25-,26+,27-,28?,32?/m1/s1. The van der Waals surface area contributed by atoms with Crippen LogP contribution in [0.5, 0.6) is 5.75 Å². The van der Waals surface area contributed by atoms with Gasteiger partial charge in [-0.15, -0.1) is 6.58 Å². The Hall–Kier alpha value is -3.47. The van der Waals surface area contributed by atoms with Crippen LogP contribution in [0.25, 0.3) is 0 Å². The summed E-state index contributed by atoms with van der Waals surface area (Å²) in [6, 6.07) is 14.6. The molecule has 9 nitrogen and oxygen atoms in total. The maximum atomic E-state index is 14.7. The Kier molecular flexibility index (Phi) is 8.86. The molecule has 3 unspecified atom stereocenters. The molecule has 42 heavy (non-hydrogen) atoms. The maximum absolute atomic E-state index is 14.7. The van der Waals surface area contributed by atoms with Crippen LogP contribution in [0.3, 0.4) is 0 Å². The highest BCUT2D eigenvalue weighted by molar-refractivity contribution is 9.09. The van der Waals surface area contributed by atoms with Crippen LogP contribution in [0.15, 0.2) is 79.9 Å². The monoisotopic (exact) mass is 638 g/mol. The minimum absolute atomic E-state index is 0.00710. The summed E-state index contributed by atoms with van der Waals surface area (Å²) in [5, 5.41) is 10.7. The second-order valence-corrected chi connectivity index (χ2v) is 12.0. The summed E-state index contributed by atoms with van der Waals surface area (Å²) in [5.74, 6) is -2.60. The quantitative estimate of drug-likeness (QED) is 0.216. The highest BCUT2D eigenvalue weighted by Crippen LogP contribution is 2.61. The van der Waals surface area contributed by atoms with Crippen molar-refractivity contribution in [3.8, 4) is 5.75 Å². The lowest BCUT2D eigenvalue weighted by Crippen LogP contribution is -2.59. The number of esters is 1. The van der Waals surface area contributed by atoms with E-state index < -0.39 is 47.5 Å². The van der Waals surface area contributed by atoms with Gasteiger partial charge in [-0.05, 0) is 42.7 Å². The first-order valence-corrected chi connectivity index (χ1v) is 14.9. The number of rotatable bonds is 12. The fraction of sp³-hybridized carbons (Fsp3) is 0.406. The number of anilines is 1. The van der Waals surface area contributed by atoms with Crippen molar-refractivity contribution in [2.45, 2.75) is 41.5 Å². The van der Waals surface area contributed by atoms with Gasteiger partial charge in [-0.1, -0.05) is 65.0 Å². The first kappa shape index (κ1) is 30.0. The van der Waals surface area contributed by atoms with E-state index in [2.05, 4.69) is 29.1 Å². The molecule has 0 radical (unpaired) electrons. The molecule has 1 N–H and O–H groups in total. The Labute approximate surface area is 253 Å². The first-order chi connectivity index (χ1) is 20.3. The molecular weight excluding hydrogens is 604 g/mol. The van der Waals surface area contributed by atoms with E-state index in [4.69, 9.17) is 14.2 Å². The van der Waals surface area contributed by atoms with Crippen LogP contribution in [-0.4, -0.2) is 83.3 Å². The molecule has 5 rings (SSSR count). The SMILES string of the molecule is C=CCOC(=O)[C@H]1[C@@H]2OC3(CC2Br)C(C(=O)N(CC=C)c2ccc(OC)cc2)N([C@@H](CO)Cc2ccccc2)C(=O)[C@H]13. The van der Waals surface area contributed by atoms with Crippen molar-refractivity contribution in [1.82, 2.24) is 4.90 Å². The van der Waals surface area contributed by atoms with E-state index >= 15 is 0 Å². The first-order valence-electron chi connectivity index (χ1n) is 13.9. The number of hydrogen-bond donors (Lipinski definition) is 1. The molecule has 0 saturated carbocycles. The summed E-state index contributed by atoms with van der Waals surface area (Å²) in [5.41, 5.74) is 0.177. The van der Waals surface area contributed by atoms with E-state index in [0.29, 0.717) is 24.3 Å². The number of ether oxygens (including phenoxy) is 3. The van der Waals surface area contributed by atoms with Gasteiger partial charge in [0.25, 0.3) is 5.91 Å². The number of methoxy groups -OCH3 is 1. The third-order valence-electron chi connectivity index (χ3n) is 8.46. The molecule has 2 amide bonds. The minimum atomic E-state index is -1.30. The summed E-state index contributed by atoms with van der Waals surface area (Å²) in [6.07, 6.45) is 3.07. The zero-order chi connectivity index (χ0) is 30.0. The van der Waals surface area contributed by atoms with Crippen LogP contribution in [0, 0.1) is 11.8 Å². The minimum Gasteiger partial charge on any atom is -0.497 e. The summed E-state index contributed by atoms with van der Waals surface area (Å²) < 4.78 is 17.3. The van der Waals surface area contributed by atoms with Crippen LogP contribution >= 0.6 is 15.9 Å². The number of likely N-dealkylation sites (tertiary alicyclic amines) is 1. The van der Waals surface area contributed by atoms with E-state index in [0.717, 1.165) is 5.56 Å². The number of hydrogen-bond acceptors (Lipinski definition) is 7. The number of aliphatic hydroxyl groups is 1. The van der Waals surface area contributed by atoms with Crippen molar-refractivity contribution in [2.24, 2.45) is 11.8 Å². The van der Waals surface area contributed by atoms with Crippen molar-refractivity contribution < 1.29 is 33.7 Å². The fourth-order valence-electron chi connectivity index (χ4n) is 6.75. The predicted octanol–water partition coefficient (Wildman–Crippen LogP) is 3.30. The van der Waals surface area contributed by atoms with Crippen LogP contribution in [0.1, 0.15) is 12.0 Å². The van der Waals surface area contributed by atoms with Gasteiger partial charge >= 0.3 is 5.97 Å². The van der Waals surface area contributed by atoms with Gasteiger partial charge in [0.2, 0.25) is 5.91 Å². The molecule has 2 aromatic rings. The van der Waals surface area contributed by atoms with E-state index in [9.17, 15) is 19.5 Å². The summed E-state index contributed by atoms with van der Waals surface area (Å²) in [6.45, 7) is 7.24. The van der Waals surface area contributed by atoms with Crippen LogP contribution < -0.4 is 9.64 Å². The lowest BCUT2D eigenvalue weighted by atomic mass is 9.70. The maximum Gasteiger partial charge on any atom is 0.312 e. The number of nitrogens with zero attached hydrogens (tertiary/aromatic N) is 2. The van der Waals surface area contributed by atoms with E-state index in [1.165, 1.54) is 11.0 Å². The predicted molar refractivity (Wildman–Crippen MR) is 160 cm³/mol. The van der Waals surface area contributed by atoms with Gasteiger partial charge in [-0.2, -0.15) is 0 Å². The molecular formula is C32H35BrN2O7. The number of fused-ring (bicyclic) bond motifs is 1. The third kappa shape index (κ3) is 5.05. The van der Waals surface area contributed by atoms with Crippen molar-refractivity contribution in [1.29, 1.82) is 0 Å². The molecule has 0 aliphatic carbocycles. The van der Waals surface area contributed by atoms with Gasteiger partial charge in [0, 0.05) is 17.1 Å². The lowest BCUT2D eigenvalue weighted by Gasteiger charge is -2.39. The molecule has 2 aromatic carbocycles. The topological polar surface area (TPSA) is 106 Å². The molecule has 3 aliphatic heterocycles. The molecule has 7 atom stereocenters. The Balaban J connectivity index is 1.61. The van der Waals surface area contributed by atoms with Gasteiger partial charge in [0.15, 0.2) is 0 Å². The smallest absolute Gasteiger partial charge is 0.312 e. The summed E-state index contributed by atoms with van der Waals surface area (Å²) in [4.78, 5) is 45.3. The van der Waals surface area contributed by atoms with E-state index in [1.54, 1.807) is 42.4 Å². The average molecular weight is 640 g/mol. The van der Waals surface area contributed by atoms with Gasteiger partial charge in [-0.25, -0.2) is 0 Å². The van der Waals surface area contributed by atoms with Crippen molar-refractivity contribution >= 4 is 39.4 Å². The zero-order valence-corrected chi connectivity index (χ0v) is 25.0. The fourth-order valence-corrected chi connectivity index (χ4v) is 7.69. The Morgan fingerprint density at radius 2 is 1.90 bits per heavy atom. The average Bonchev–Trinajstić information content (AvgIpc) is 3.61. The highest BCUT2D eigenvalue weighted by Gasteiger charge is 2.77. The molecule has 222 valence electrons. The highest BCUT2D eigenvalue weighted by atomic mass is 79.9. The van der Waals surface area contributed by atoms with Gasteiger partial charge in [0.05, 0.1) is 37.7 Å². The number of amides is 2. The molecule has 3 fully saturated rings. The number of carbonyl (C=O) groups is 3. The zero-order valence-electron chi connectivity index (χ0n) is 23.4. The second kappa shape index (κ2) is 12.4. The Bertz CT molecular complexity index is 1340. The molecule has 3 heterocycles. The van der Waals surface area contributed by atoms with Gasteiger partial charge < -0.3 is 29.1 Å². The number of alkyl halides is 1. The number of carbonyl (C=O) groups excluding carboxylic acids is 3. The van der Waals surface area contributed by atoms with E-state index in [1.807, 2.05) is 30.3 Å². The Morgan fingerprint density at radius 3 is 2.52 bits per heavy atom. The largest absolute Gasteiger partial charge is 0.497 e. The molecule has 3 aliphatic rings. The van der Waals surface area contributed by atoms with Crippen molar-refractivity contribution in [2.75, 3.05) is 31.8 Å². The van der Waals surface area contributed by atoms with Crippen molar-refractivity contribution in [3.63, 3.8) is 0 Å². The van der Waals surface area contributed by atoms with Crippen LogP contribution in [0.4, 0.5) is 5.69 Å². The van der Waals surface area contributed by atoms with Crippen LogP contribution in [-0.2, 0) is 30.3 Å². The molecule has 2 bridgehead atoms. The lowest BCUT2D eigenvalue weighted by molar-refractivity contribution is -0.154. The molecule has 1 spiro atoms. The normalized spacial score (nSPS) is 28.2. The molecule has 10 heteroatoms. The van der Waals surface area contributed by atoms with E-state index in [-0.39, 0.29) is 30.5 Å². The summed E-state index contributed by atoms with van der Waals surface area (Å²) in [7, 11) is 1.56. The van der Waals surface area contributed by atoms with Crippen LogP contribution in [0.2, 0.25) is 0 Å². The number of aliphatic hydroxyl groups excluding tert-OH is 1. The molecule has 0 aromatic heterocycles. The second-order valence-electron chi connectivity index (χ2n) is 10.8. The van der Waals surface area contributed by atoms with Gasteiger partial charge in [0.1, 0.15) is 24.0 Å². The molecule has 3 saturated heterocycles.